The van der Waals surface area contributed by atoms with Gasteiger partial charge in [-0.1, -0.05) is 40.2 Å². The Morgan fingerprint density at radius 1 is 1.38 bits per heavy atom. The van der Waals surface area contributed by atoms with Crippen LogP contribution in [0.4, 0.5) is 0 Å². The second-order valence-electron chi connectivity index (χ2n) is 3.13. The van der Waals surface area contributed by atoms with E-state index in [9.17, 15) is 0 Å². The van der Waals surface area contributed by atoms with E-state index in [-0.39, 0.29) is 0 Å². The second kappa shape index (κ2) is 5.23. The van der Waals surface area contributed by atoms with Crippen LogP contribution < -0.4 is 0 Å². The van der Waals surface area contributed by atoms with Gasteiger partial charge in [0, 0.05) is 4.47 Å². The number of aryl methyl sites for hydroxylation is 1. The first-order valence-corrected chi connectivity index (χ1v) is 5.40. The van der Waals surface area contributed by atoms with Gasteiger partial charge in [0.2, 0.25) is 0 Å². The molecule has 0 heterocycles. The molecule has 0 atom stereocenters. The van der Waals surface area contributed by atoms with Gasteiger partial charge in [0.1, 0.15) is 0 Å². The normalized spacial score (nSPS) is 11.0. The van der Waals surface area contributed by atoms with E-state index in [0.29, 0.717) is 0 Å². The third-order valence-corrected chi connectivity index (χ3v) is 3.06. The van der Waals surface area contributed by atoms with Crippen molar-refractivity contribution in [3.63, 3.8) is 0 Å². The maximum Gasteiger partial charge on any atom is 0.0207 e. The van der Waals surface area contributed by atoms with E-state index in [1.165, 1.54) is 15.6 Å². The highest BCUT2D eigenvalue weighted by Gasteiger charge is 1.99. The summed E-state index contributed by atoms with van der Waals surface area (Å²) in [7, 11) is 0. The Bertz CT molecular complexity index is 300. The van der Waals surface area contributed by atoms with Crippen LogP contribution in [0.1, 0.15) is 24.5 Å². The van der Waals surface area contributed by atoms with Gasteiger partial charge in [0.25, 0.3) is 0 Å². The lowest BCUT2D eigenvalue weighted by Crippen LogP contribution is -1.88. The van der Waals surface area contributed by atoms with Crippen LogP contribution in [-0.2, 0) is 6.42 Å². The fourth-order valence-corrected chi connectivity index (χ4v) is 1.74. The van der Waals surface area contributed by atoms with Crippen LogP contribution >= 0.6 is 15.9 Å². The van der Waals surface area contributed by atoms with Crippen molar-refractivity contribution in [1.29, 1.82) is 0 Å². The Morgan fingerprint density at radius 3 is 2.85 bits per heavy atom. The summed E-state index contributed by atoms with van der Waals surface area (Å²) >= 11 is 3.54. The first-order chi connectivity index (χ1) is 6.25. The molecule has 13 heavy (non-hydrogen) atoms. The molecule has 0 aliphatic carbocycles. The molecule has 0 bridgehead atoms. The third-order valence-electron chi connectivity index (χ3n) is 2.20. The highest BCUT2D eigenvalue weighted by atomic mass is 79.9. The molecule has 0 amide bonds. The number of halogens is 1. The predicted molar refractivity (Wildman–Crippen MR) is 62.0 cm³/mol. The van der Waals surface area contributed by atoms with Crippen LogP contribution in [0.25, 0.3) is 0 Å². The molecule has 1 heteroatoms. The molecule has 0 saturated carbocycles. The molecule has 0 radical (unpaired) electrons. The first-order valence-electron chi connectivity index (χ1n) is 4.61. The zero-order chi connectivity index (χ0) is 9.68. The highest BCUT2D eigenvalue weighted by molar-refractivity contribution is 9.10. The summed E-state index contributed by atoms with van der Waals surface area (Å²) in [6, 6.07) is 6.39. The average molecular weight is 239 g/mol. The molecule has 0 aliphatic rings. The Kier molecular flexibility index (Phi) is 4.23. The molecular formula is C12H15Br. The molecule has 0 nitrogen and oxygen atoms in total. The molecule has 0 spiro atoms. The highest BCUT2D eigenvalue weighted by Crippen LogP contribution is 2.20. The number of hydrogen-bond acceptors (Lipinski definition) is 0. The zero-order valence-electron chi connectivity index (χ0n) is 8.18. The minimum absolute atomic E-state index is 1.13. The van der Waals surface area contributed by atoms with Gasteiger partial charge >= 0.3 is 0 Å². The van der Waals surface area contributed by atoms with Crippen LogP contribution in [0.5, 0.6) is 0 Å². The fourth-order valence-electron chi connectivity index (χ4n) is 1.33. The van der Waals surface area contributed by atoms with E-state index < -0.39 is 0 Å². The fraction of sp³-hybridized carbons (Fsp3) is 0.333. The zero-order valence-corrected chi connectivity index (χ0v) is 9.76. The third kappa shape index (κ3) is 3.00. The van der Waals surface area contributed by atoms with Crippen molar-refractivity contribution in [3.8, 4) is 0 Å². The summed E-state index contributed by atoms with van der Waals surface area (Å²) in [6.45, 7) is 4.23. The maximum atomic E-state index is 3.54. The molecule has 0 unspecified atom stereocenters. The van der Waals surface area contributed by atoms with Crippen LogP contribution in [0.2, 0.25) is 0 Å². The average Bonchev–Trinajstić information content (AvgIpc) is 2.13. The lowest BCUT2D eigenvalue weighted by Gasteiger charge is -2.05. The summed E-state index contributed by atoms with van der Waals surface area (Å²) in [5.41, 5.74) is 2.81. The monoisotopic (exact) mass is 238 g/mol. The van der Waals surface area contributed by atoms with E-state index in [2.05, 4.69) is 60.1 Å². The second-order valence-corrected chi connectivity index (χ2v) is 3.99. The quantitative estimate of drug-likeness (QED) is 0.691. The van der Waals surface area contributed by atoms with Crippen molar-refractivity contribution in [3.05, 3.63) is 46.0 Å². The molecule has 1 aromatic rings. The standard InChI is InChI=1S/C12H15Br/c1-3-4-5-7-11-8-6-9-12(13)10(11)2/h3-4,6,8-9H,5,7H2,1-2H3/b4-3-. The Labute approximate surface area is 88.8 Å². The molecule has 0 fully saturated rings. The number of benzene rings is 1. The lowest BCUT2D eigenvalue weighted by atomic mass is 10.0. The predicted octanol–water partition coefficient (Wildman–Crippen LogP) is 4.27. The van der Waals surface area contributed by atoms with Crippen molar-refractivity contribution in [1.82, 2.24) is 0 Å². The van der Waals surface area contributed by atoms with E-state index in [1.807, 2.05) is 0 Å². The molecule has 1 aromatic carbocycles. The molecule has 0 saturated heterocycles. The smallest absolute Gasteiger partial charge is 0.0207 e. The lowest BCUT2D eigenvalue weighted by molar-refractivity contribution is 0.983. The van der Waals surface area contributed by atoms with Gasteiger partial charge in [-0.2, -0.15) is 0 Å². The molecule has 0 aliphatic heterocycles. The van der Waals surface area contributed by atoms with Crippen LogP contribution in [0.15, 0.2) is 34.8 Å². The first kappa shape index (κ1) is 10.5. The van der Waals surface area contributed by atoms with Gasteiger partial charge in [-0.15, -0.1) is 0 Å². The summed E-state index contributed by atoms with van der Waals surface area (Å²) in [5.74, 6) is 0. The molecular weight excluding hydrogens is 224 g/mol. The van der Waals surface area contributed by atoms with Crippen LogP contribution in [-0.4, -0.2) is 0 Å². The van der Waals surface area contributed by atoms with Gasteiger partial charge in [0.05, 0.1) is 0 Å². The van der Waals surface area contributed by atoms with E-state index in [4.69, 9.17) is 0 Å². The van der Waals surface area contributed by atoms with E-state index in [0.717, 1.165) is 12.8 Å². The minimum atomic E-state index is 1.13. The number of allylic oxidation sites excluding steroid dienone is 2. The van der Waals surface area contributed by atoms with Gasteiger partial charge in [-0.25, -0.2) is 0 Å². The molecule has 70 valence electrons. The van der Waals surface area contributed by atoms with Gasteiger partial charge in [0.15, 0.2) is 0 Å². The van der Waals surface area contributed by atoms with Crippen molar-refractivity contribution < 1.29 is 0 Å². The largest absolute Gasteiger partial charge is 0.0917 e. The molecule has 0 aromatic heterocycles. The topological polar surface area (TPSA) is 0 Å². The van der Waals surface area contributed by atoms with Crippen molar-refractivity contribution in [2.75, 3.05) is 0 Å². The summed E-state index contributed by atoms with van der Waals surface area (Å²) in [4.78, 5) is 0. The van der Waals surface area contributed by atoms with Gasteiger partial charge in [-0.05, 0) is 43.9 Å². The number of hydrogen-bond donors (Lipinski definition) is 0. The Morgan fingerprint density at radius 2 is 2.15 bits per heavy atom. The molecule has 1 rings (SSSR count). The van der Waals surface area contributed by atoms with E-state index in [1.54, 1.807) is 0 Å². The van der Waals surface area contributed by atoms with Gasteiger partial charge in [-0.3, -0.25) is 0 Å². The SMILES string of the molecule is C/C=C\CCc1cccc(Br)c1C. The molecule has 0 N–H and O–H groups in total. The van der Waals surface area contributed by atoms with Crippen molar-refractivity contribution >= 4 is 15.9 Å². The van der Waals surface area contributed by atoms with Gasteiger partial charge < -0.3 is 0 Å². The van der Waals surface area contributed by atoms with Crippen LogP contribution in [0, 0.1) is 6.92 Å². The summed E-state index contributed by atoms with van der Waals surface area (Å²) < 4.78 is 1.21. The maximum absolute atomic E-state index is 3.54. The van der Waals surface area contributed by atoms with E-state index >= 15 is 0 Å². The summed E-state index contributed by atoms with van der Waals surface area (Å²) in [6.07, 6.45) is 6.58. The Hall–Kier alpha value is -0.560. The van der Waals surface area contributed by atoms with Crippen molar-refractivity contribution in [2.24, 2.45) is 0 Å². The Balaban J connectivity index is 2.71. The minimum Gasteiger partial charge on any atom is -0.0917 e. The summed E-state index contributed by atoms with van der Waals surface area (Å²) in [5, 5.41) is 0. The van der Waals surface area contributed by atoms with Crippen LogP contribution in [0.3, 0.4) is 0 Å². The van der Waals surface area contributed by atoms with Crippen molar-refractivity contribution in [2.45, 2.75) is 26.7 Å². The number of rotatable bonds is 3.